The van der Waals surface area contributed by atoms with Crippen molar-refractivity contribution in [1.82, 2.24) is 9.97 Å². The van der Waals surface area contributed by atoms with Crippen LogP contribution in [0.25, 0.3) is 21.3 Å². The summed E-state index contributed by atoms with van der Waals surface area (Å²) in [6, 6.07) is 14.3. The van der Waals surface area contributed by atoms with Crippen LogP contribution in [-0.4, -0.2) is 9.97 Å². The molecule has 0 bridgehead atoms. The lowest BCUT2D eigenvalue weighted by molar-refractivity contribution is 1.23. The second kappa shape index (κ2) is 6.71. The first-order chi connectivity index (χ1) is 12.5. The van der Waals surface area contributed by atoms with Gasteiger partial charge in [0, 0.05) is 10.4 Å². The number of aromatic nitrogens is 2. The SMILES string of the molecule is Cc1ccc(-c2c(C)sc3ncnc(Nc4ccccc4Cl)c23)cc1C. The zero-order valence-corrected chi connectivity index (χ0v) is 16.4. The summed E-state index contributed by atoms with van der Waals surface area (Å²) in [4.78, 5) is 11.2. The third-order valence-electron chi connectivity index (χ3n) is 4.59. The maximum Gasteiger partial charge on any atom is 0.143 e. The van der Waals surface area contributed by atoms with E-state index >= 15 is 0 Å². The fourth-order valence-corrected chi connectivity index (χ4v) is 4.27. The van der Waals surface area contributed by atoms with Gasteiger partial charge in [-0.05, 0) is 49.6 Å². The molecule has 0 aliphatic carbocycles. The number of rotatable bonds is 3. The van der Waals surface area contributed by atoms with Gasteiger partial charge in [-0.3, -0.25) is 0 Å². The van der Waals surface area contributed by atoms with Crippen LogP contribution in [-0.2, 0) is 0 Å². The molecule has 0 saturated heterocycles. The Kier molecular flexibility index (Phi) is 4.39. The van der Waals surface area contributed by atoms with Crippen LogP contribution in [0.4, 0.5) is 11.5 Å². The molecule has 3 nitrogen and oxygen atoms in total. The molecule has 2 aromatic heterocycles. The predicted octanol–water partition coefficient (Wildman–Crippen LogP) is 6.68. The van der Waals surface area contributed by atoms with Crippen LogP contribution in [0.1, 0.15) is 16.0 Å². The second-order valence-corrected chi connectivity index (χ2v) is 7.95. The molecule has 4 aromatic rings. The van der Waals surface area contributed by atoms with Crippen molar-refractivity contribution >= 4 is 44.7 Å². The fraction of sp³-hybridized carbons (Fsp3) is 0.143. The summed E-state index contributed by atoms with van der Waals surface area (Å²) in [5.41, 5.74) is 5.77. The monoisotopic (exact) mass is 379 g/mol. The molecule has 0 saturated carbocycles. The minimum atomic E-state index is 0.666. The Morgan fingerprint density at radius 1 is 0.962 bits per heavy atom. The predicted molar refractivity (Wildman–Crippen MR) is 112 cm³/mol. The summed E-state index contributed by atoms with van der Waals surface area (Å²) in [5.74, 6) is 0.778. The first-order valence-corrected chi connectivity index (χ1v) is 9.57. The molecule has 0 atom stereocenters. The molecule has 0 fully saturated rings. The third kappa shape index (κ3) is 2.96. The second-order valence-electron chi connectivity index (χ2n) is 6.34. The summed E-state index contributed by atoms with van der Waals surface area (Å²) in [6.45, 7) is 6.41. The van der Waals surface area contributed by atoms with Crippen molar-refractivity contribution in [2.24, 2.45) is 0 Å². The van der Waals surface area contributed by atoms with Crippen LogP contribution in [0.15, 0.2) is 48.8 Å². The summed E-state index contributed by atoms with van der Waals surface area (Å²) < 4.78 is 0. The van der Waals surface area contributed by atoms with Crippen molar-refractivity contribution in [2.45, 2.75) is 20.8 Å². The van der Waals surface area contributed by atoms with Crippen LogP contribution in [0.5, 0.6) is 0 Å². The van der Waals surface area contributed by atoms with E-state index in [4.69, 9.17) is 11.6 Å². The number of nitrogens with zero attached hydrogens (tertiary/aromatic N) is 2. The number of thiophene rings is 1. The molecule has 130 valence electrons. The lowest BCUT2D eigenvalue weighted by Gasteiger charge is -2.11. The first kappa shape index (κ1) is 17.0. The van der Waals surface area contributed by atoms with E-state index in [9.17, 15) is 0 Å². The standard InChI is InChI=1S/C21H18ClN3S/c1-12-8-9-15(10-13(12)2)18-14(3)26-21-19(18)20(23-11-24-21)25-17-7-5-4-6-16(17)22/h4-11H,1-3H3,(H,23,24,25). The molecule has 0 aliphatic rings. The molecule has 2 aromatic carbocycles. The summed E-state index contributed by atoms with van der Waals surface area (Å²) >= 11 is 8.01. The van der Waals surface area contributed by atoms with Gasteiger partial charge in [0.2, 0.25) is 0 Å². The number of para-hydroxylation sites is 1. The van der Waals surface area contributed by atoms with Gasteiger partial charge < -0.3 is 5.32 Å². The fourth-order valence-electron chi connectivity index (χ4n) is 3.07. The van der Waals surface area contributed by atoms with E-state index in [0.717, 1.165) is 21.7 Å². The highest BCUT2D eigenvalue weighted by molar-refractivity contribution is 7.19. The number of aryl methyl sites for hydroxylation is 3. The van der Waals surface area contributed by atoms with Crippen molar-refractivity contribution in [3.05, 3.63) is 69.8 Å². The average molecular weight is 380 g/mol. The van der Waals surface area contributed by atoms with Crippen LogP contribution in [0.2, 0.25) is 5.02 Å². The lowest BCUT2D eigenvalue weighted by atomic mass is 9.99. The van der Waals surface area contributed by atoms with Gasteiger partial charge in [-0.25, -0.2) is 9.97 Å². The number of fused-ring (bicyclic) bond motifs is 1. The van der Waals surface area contributed by atoms with Gasteiger partial charge in [0.25, 0.3) is 0 Å². The van der Waals surface area contributed by atoms with Gasteiger partial charge in [-0.1, -0.05) is 41.9 Å². The minimum Gasteiger partial charge on any atom is -0.338 e. The smallest absolute Gasteiger partial charge is 0.143 e. The number of anilines is 2. The Labute approximate surface area is 161 Å². The van der Waals surface area contributed by atoms with E-state index in [2.05, 4.69) is 54.3 Å². The van der Waals surface area contributed by atoms with Gasteiger partial charge in [-0.2, -0.15) is 0 Å². The van der Waals surface area contributed by atoms with Gasteiger partial charge in [0.1, 0.15) is 17.0 Å². The molecule has 0 amide bonds. The van der Waals surface area contributed by atoms with Gasteiger partial charge in [-0.15, -0.1) is 11.3 Å². The third-order valence-corrected chi connectivity index (χ3v) is 5.93. The Bertz CT molecular complexity index is 1120. The molecule has 4 rings (SSSR count). The van der Waals surface area contributed by atoms with Crippen molar-refractivity contribution < 1.29 is 0 Å². The summed E-state index contributed by atoms with van der Waals surface area (Å²) in [7, 11) is 0. The highest BCUT2D eigenvalue weighted by Crippen LogP contribution is 2.41. The molecule has 0 radical (unpaired) electrons. The molecule has 1 N–H and O–H groups in total. The highest BCUT2D eigenvalue weighted by Gasteiger charge is 2.17. The molecule has 26 heavy (non-hydrogen) atoms. The largest absolute Gasteiger partial charge is 0.338 e. The van der Waals surface area contributed by atoms with Crippen molar-refractivity contribution in [3.63, 3.8) is 0 Å². The Morgan fingerprint density at radius 2 is 1.77 bits per heavy atom. The van der Waals surface area contributed by atoms with E-state index in [0.29, 0.717) is 5.02 Å². The number of benzene rings is 2. The molecule has 0 spiro atoms. The average Bonchev–Trinajstić information content (AvgIpc) is 2.96. The van der Waals surface area contributed by atoms with E-state index in [1.54, 1.807) is 17.7 Å². The molecule has 0 unspecified atom stereocenters. The molecule has 0 aliphatic heterocycles. The van der Waals surface area contributed by atoms with Gasteiger partial charge in [0.05, 0.1) is 16.1 Å². The Morgan fingerprint density at radius 3 is 2.54 bits per heavy atom. The van der Waals surface area contributed by atoms with E-state index in [1.165, 1.54) is 27.1 Å². The topological polar surface area (TPSA) is 37.8 Å². The van der Waals surface area contributed by atoms with E-state index in [1.807, 2.05) is 24.3 Å². The first-order valence-electron chi connectivity index (χ1n) is 8.38. The van der Waals surface area contributed by atoms with Crippen LogP contribution in [0, 0.1) is 20.8 Å². The normalized spacial score (nSPS) is 11.1. The number of hydrogen-bond donors (Lipinski definition) is 1. The summed E-state index contributed by atoms with van der Waals surface area (Å²) in [6.07, 6.45) is 1.60. The van der Waals surface area contributed by atoms with Crippen molar-refractivity contribution in [2.75, 3.05) is 5.32 Å². The zero-order valence-electron chi connectivity index (χ0n) is 14.8. The van der Waals surface area contributed by atoms with E-state index < -0.39 is 0 Å². The maximum absolute atomic E-state index is 6.32. The minimum absolute atomic E-state index is 0.666. The van der Waals surface area contributed by atoms with Crippen molar-refractivity contribution in [3.8, 4) is 11.1 Å². The Balaban J connectivity index is 1.92. The molecular formula is C21H18ClN3S. The number of halogens is 1. The highest BCUT2D eigenvalue weighted by atomic mass is 35.5. The van der Waals surface area contributed by atoms with Gasteiger partial charge in [0.15, 0.2) is 0 Å². The molecular weight excluding hydrogens is 362 g/mol. The van der Waals surface area contributed by atoms with Crippen LogP contribution in [0.3, 0.4) is 0 Å². The molecule has 5 heteroatoms. The van der Waals surface area contributed by atoms with E-state index in [-0.39, 0.29) is 0 Å². The van der Waals surface area contributed by atoms with Crippen molar-refractivity contribution in [1.29, 1.82) is 0 Å². The van der Waals surface area contributed by atoms with Crippen LogP contribution < -0.4 is 5.32 Å². The zero-order chi connectivity index (χ0) is 18.3. The quantitative estimate of drug-likeness (QED) is 0.431. The Hall–Kier alpha value is -2.43. The van der Waals surface area contributed by atoms with Gasteiger partial charge >= 0.3 is 0 Å². The van der Waals surface area contributed by atoms with Crippen LogP contribution >= 0.6 is 22.9 Å². The number of hydrogen-bond acceptors (Lipinski definition) is 4. The lowest BCUT2D eigenvalue weighted by Crippen LogP contribution is -1.96. The summed E-state index contributed by atoms with van der Waals surface area (Å²) in [5, 5.41) is 5.09. The maximum atomic E-state index is 6.32. The molecule has 2 heterocycles. The number of nitrogens with one attached hydrogen (secondary N) is 1.